The van der Waals surface area contributed by atoms with Crippen molar-refractivity contribution in [3.8, 4) is 0 Å². The zero-order valence-corrected chi connectivity index (χ0v) is 13.2. The summed E-state index contributed by atoms with van der Waals surface area (Å²) in [4.78, 5) is 12.1. The van der Waals surface area contributed by atoms with Gasteiger partial charge in [0.2, 0.25) is 10.0 Å². The first kappa shape index (κ1) is 17.0. The predicted octanol–water partition coefficient (Wildman–Crippen LogP) is 1.86. The standard InChI is InChI=1S/C11H13BrF2N2O3S/c1-3-4-16(2)11(17)8-7(13)5-6(12)10(9(8)14)20(15,18)19/h5H,3-4H2,1-2H3,(H2,15,18,19). The molecule has 0 unspecified atom stereocenters. The molecule has 0 aliphatic carbocycles. The van der Waals surface area contributed by atoms with Crippen LogP contribution in [0.25, 0.3) is 0 Å². The van der Waals surface area contributed by atoms with E-state index >= 15 is 0 Å². The van der Waals surface area contributed by atoms with Crippen LogP contribution >= 0.6 is 15.9 Å². The number of carbonyl (C=O) groups excluding carboxylic acids is 1. The Morgan fingerprint density at radius 2 is 2.00 bits per heavy atom. The number of halogens is 3. The summed E-state index contributed by atoms with van der Waals surface area (Å²) < 4.78 is 50.2. The van der Waals surface area contributed by atoms with Crippen LogP contribution in [0.2, 0.25) is 0 Å². The highest BCUT2D eigenvalue weighted by molar-refractivity contribution is 9.10. The molecule has 0 aliphatic heterocycles. The maximum atomic E-state index is 14.2. The molecule has 1 amide bonds. The van der Waals surface area contributed by atoms with Crippen molar-refractivity contribution < 1.29 is 22.0 Å². The number of hydrogen-bond acceptors (Lipinski definition) is 3. The molecule has 1 aromatic rings. The molecule has 0 saturated heterocycles. The van der Waals surface area contributed by atoms with Gasteiger partial charge in [0.05, 0.1) is 0 Å². The first-order valence-corrected chi connectivity index (χ1v) is 7.91. The molecule has 112 valence electrons. The van der Waals surface area contributed by atoms with Crippen LogP contribution in [0.4, 0.5) is 8.78 Å². The highest BCUT2D eigenvalue weighted by Crippen LogP contribution is 2.29. The topological polar surface area (TPSA) is 80.5 Å². The Balaban J connectivity index is 3.53. The van der Waals surface area contributed by atoms with Crippen molar-refractivity contribution in [2.75, 3.05) is 13.6 Å². The van der Waals surface area contributed by atoms with Crippen LogP contribution in [0.3, 0.4) is 0 Å². The molecule has 1 aromatic carbocycles. The second-order valence-electron chi connectivity index (χ2n) is 4.13. The summed E-state index contributed by atoms with van der Waals surface area (Å²) in [6, 6.07) is 0.704. The van der Waals surface area contributed by atoms with E-state index in [1.165, 1.54) is 7.05 Å². The summed E-state index contributed by atoms with van der Waals surface area (Å²) in [5.41, 5.74) is -0.937. The Bertz CT molecular complexity index is 650. The molecule has 0 atom stereocenters. The van der Waals surface area contributed by atoms with Crippen molar-refractivity contribution in [2.45, 2.75) is 18.2 Å². The van der Waals surface area contributed by atoms with Gasteiger partial charge in [-0.1, -0.05) is 6.92 Å². The smallest absolute Gasteiger partial charge is 0.259 e. The largest absolute Gasteiger partial charge is 0.342 e. The fourth-order valence-corrected chi connectivity index (χ4v) is 3.39. The Morgan fingerprint density at radius 1 is 1.45 bits per heavy atom. The third-order valence-corrected chi connectivity index (χ3v) is 4.39. The van der Waals surface area contributed by atoms with Crippen LogP contribution in [0.15, 0.2) is 15.4 Å². The molecule has 0 bridgehead atoms. The van der Waals surface area contributed by atoms with Gasteiger partial charge in [0.25, 0.3) is 5.91 Å². The van der Waals surface area contributed by atoms with E-state index in [9.17, 15) is 22.0 Å². The molecule has 0 spiro atoms. The molecule has 0 aromatic heterocycles. The number of rotatable bonds is 4. The first-order valence-electron chi connectivity index (χ1n) is 5.57. The summed E-state index contributed by atoms with van der Waals surface area (Å²) in [7, 11) is -3.07. The minimum absolute atomic E-state index is 0.276. The molecule has 9 heteroatoms. The normalized spacial score (nSPS) is 11.5. The summed E-state index contributed by atoms with van der Waals surface area (Å²) in [6.07, 6.45) is 0.587. The van der Waals surface area contributed by atoms with Gasteiger partial charge in [-0.25, -0.2) is 22.3 Å². The van der Waals surface area contributed by atoms with Gasteiger partial charge in [-0.05, 0) is 28.4 Å². The fraction of sp³-hybridized carbons (Fsp3) is 0.364. The average Bonchev–Trinajstić information content (AvgIpc) is 2.25. The summed E-state index contributed by atoms with van der Waals surface area (Å²) >= 11 is 2.72. The lowest BCUT2D eigenvalue weighted by atomic mass is 10.1. The highest BCUT2D eigenvalue weighted by atomic mass is 79.9. The molecule has 0 radical (unpaired) electrons. The predicted molar refractivity (Wildman–Crippen MR) is 72.7 cm³/mol. The number of carbonyl (C=O) groups is 1. The van der Waals surface area contributed by atoms with Crippen molar-refractivity contribution in [3.05, 3.63) is 27.7 Å². The van der Waals surface area contributed by atoms with Crippen molar-refractivity contribution in [3.63, 3.8) is 0 Å². The molecule has 2 N–H and O–H groups in total. The lowest BCUT2D eigenvalue weighted by Crippen LogP contribution is -2.30. The van der Waals surface area contributed by atoms with E-state index in [4.69, 9.17) is 5.14 Å². The van der Waals surface area contributed by atoms with E-state index in [1.54, 1.807) is 6.92 Å². The summed E-state index contributed by atoms with van der Waals surface area (Å²) in [5.74, 6) is -3.60. The molecule has 0 aliphatic rings. The third kappa shape index (κ3) is 3.33. The van der Waals surface area contributed by atoms with E-state index in [0.717, 1.165) is 4.90 Å². The van der Waals surface area contributed by atoms with Crippen molar-refractivity contribution in [1.82, 2.24) is 4.90 Å². The van der Waals surface area contributed by atoms with E-state index in [1.807, 2.05) is 0 Å². The quantitative estimate of drug-likeness (QED) is 0.877. The van der Waals surface area contributed by atoms with Gasteiger partial charge in [0.1, 0.15) is 16.3 Å². The number of hydrogen-bond donors (Lipinski definition) is 1. The second kappa shape index (κ2) is 6.15. The van der Waals surface area contributed by atoms with E-state index < -0.39 is 38.0 Å². The second-order valence-corrected chi connectivity index (χ2v) is 6.48. The molecular weight excluding hydrogens is 358 g/mol. The maximum Gasteiger partial charge on any atom is 0.259 e. The number of benzene rings is 1. The number of sulfonamides is 1. The molecule has 0 saturated carbocycles. The van der Waals surface area contributed by atoms with Crippen molar-refractivity contribution >= 4 is 31.9 Å². The SMILES string of the molecule is CCCN(C)C(=O)c1c(F)cc(Br)c(S(N)(=O)=O)c1F. The van der Waals surface area contributed by atoms with Crippen LogP contribution in [0.1, 0.15) is 23.7 Å². The molecule has 1 rings (SSSR count). The summed E-state index contributed by atoms with van der Waals surface area (Å²) in [6.45, 7) is 2.06. The fourth-order valence-electron chi connectivity index (χ4n) is 1.66. The zero-order valence-electron chi connectivity index (χ0n) is 10.8. The molecule has 0 fully saturated rings. The van der Waals surface area contributed by atoms with Gasteiger partial charge in [-0.3, -0.25) is 4.79 Å². The summed E-state index contributed by atoms with van der Waals surface area (Å²) in [5, 5.41) is 4.87. The van der Waals surface area contributed by atoms with Crippen LogP contribution in [-0.2, 0) is 10.0 Å². The lowest BCUT2D eigenvalue weighted by Gasteiger charge is -2.18. The van der Waals surface area contributed by atoms with E-state index in [0.29, 0.717) is 12.5 Å². The number of nitrogens with two attached hydrogens (primary N) is 1. The highest BCUT2D eigenvalue weighted by Gasteiger charge is 2.29. The lowest BCUT2D eigenvalue weighted by molar-refractivity contribution is 0.0784. The monoisotopic (exact) mass is 370 g/mol. The van der Waals surface area contributed by atoms with E-state index in [2.05, 4.69) is 15.9 Å². The van der Waals surface area contributed by atoms with Gasteiger partial charge in [-0.2, -0.15) is 0 Å². The van der Waals surface area contributed by atoms with Crippen LogP contribution in [0, 0.1) is 11.6 Å². The number of nitrogens with zero attached hydrogens (tertiary/aromatic N) is 1. The Kier molecular flexibility index (Phi) is 5.22. The van der Waals surface area contributed by atoms with Crippen molar-refractivity contribution in [1.29, 1.82) is 0 Å². The molecular formula is C11H13BrF2N2O3S. The average molecular weight is 371 g/mol. The van der Waals surface area contributed by atoms with Crippen molar-refractivity contribution in [2.24, 2.45) is 5.14 Å². The Morgan fingerprint density at radius 3 is 2.45 bits per heavy atom. The molecule has 20 heavy (non-hydrogen) atoms. The maximum absolute atomic E-state index is 14.2. The van der Waals surface area contributed by atoms with Crippen LogP contribution in [0.5, 0.6) is 0 Å². The van der Waals surface area contributed by atoms with Gasteiger partial charge >= 0.3 is 0 Å². The van der Waals surface area contributed by atoms with Gasteiger partial charge in [0.15, 0.2) is 5.82 Å². The Hall–Kier alpha value is -1.06. The Labute approximate surface area is 123 Å². The zero-order chi connectivity index (χ0) is 15.7. The minimum atomic E-state index is -4.43. The molecule has 0 heterocycles. The number of primary sulfonamides is 1. The third-order valence-electron chi connectivity index (χ3n) is 2.53. The van der Waals surface area contributed by atoms with Crippen LogP contribution < -0.4 is 5.14 Å². The van der Waals surface area contributed by atoms with Crippen LogP contribution in [-0.4, -0.2) is 32.8 Å². The van der Waals surface area contributed by atoms with Gasteiger partial charge in [0, 0.05) is 18.1 Å². The van der Waals surface area contributed by atoms with Gasteiger partial charge in [-0.15, -0.1) is 0 Å². The first-order chi connectivity index (χ1) is 9.11. The minimum Gasteiger partial charge on any atom is -0.342 e. The van der Waals surface area contributed by atoms with Gasteiger partial charge < -0.3 is 4.90 Å². The molecule has 5 nitrogen and oxygen atoms in total. The number of amides is 1. The van der Waals surface area contributed by atoms with E-state index in [-0.39, 0.29) is 11.0 Å².